The first kappa shape index (κ1) is 12.6. The van der Waals surface area contributed by atoms with E-state index in [1.54, 1.807) is 42.5 Å². The van der Waals surface area contributed by atoms with E-state index in [2.05, 4.69) is 15.9 Å². The summed E-state index contributed by atoms with van der Waals surface area (Å²) in [4.78, 5) is 23.3. The van der Waals surface area contributed by atoms with Gasteiger partial charge in [0.05, 0.1) is 0 Å². The molecule has 0 bridgehead atoms. The van der Waals surface area contributed by atoms with Crippen molar-refractivity contribution < 1.29 is 9.59 Å². The lowest BCUT2D eigenvalue weighted by atomic mass is 9.93. The molecule has 0 aromatic heterocycles. The Kier molecular flexibility index (Phi) is 2.84. The molecule has 0 saturated heterocycles. The van der Waals surface area contributed by atoms with Gasteiger partial charge in [0, 0.05) is 15.6 Å². The van der Waals surface area contributed by atoms with Gasteiger partial charge in [-0.15, -0.1) is 0 Å². The molecular weight excluding hydrogens is 328 g/mol. The van der Waals surface area contributed by atoms with Crippen LogP contribution in [0.5, 0.6) is 0 Å². The highest BCUT2D eigenvalue weighted by molar-refractivity contribution is 9.10. The first-order valence-electron chi connectivity index (χ1n) is 5.68. The van der Waals surface area contributed by atoms with E-state index >= 15 is 0 Å². The minimum atomic E-state index is -1.63. The third kappa shape index (κ3) is 1.69. The molecule has 0 spiro atoms. The summed E-state index contributed by atoms with van der Waals surface area (Å²) in [5, 5.41) is 0. The molecular formula is C15H8BrClO2. The smallest absolute Gasteiger partial charge is 0.196 e. The Morgan fingerprint density at radius 3 is 2.00 bits per heavy atom. The highest BCUT2D eigenvalue weighted by Gasteiger charge is 2.52. The summed E-state index contributed by atoms with van der Waals surface area (Å²) in [6.07, 6.45) is 0. The SMILES string of the molecule is O=C1c2ccccc2C(=O)C1(Cl)c1cccc(Br)c1. The van der Waals surface area contributed by atoms with E-state index in [1.807, 2.05) is 6.07 Å². The van der Waals surface area contributed by atoms with E-state index in [1.165, 1.54) is 0 Å². The fraction of sp³-hybridized carbons (Fsp3) is 0.0667. The van der Waals surface area contributed by atoms with Crippen molar-refractivity contribution in [2.45, 2.75) is 4.87 Å². The molecule has 0 atom stereocenters. The minimum Gasteiger partial charge on any atom is -0.291 e. The second kappa shape index (κ2) is 4.29. The predicted octanol–water partition coefficient (Wildman–Crippen LogP) is 3.96. The molecule has 0 amide bonds. The molecule has 0 heterocycles. The number of carbonyl (C=O) groups excluding carboxylic acids is 2. The summed E-state index contributed by atoms with van der Waals surface area (Å²) in [6.45, 7) is 0. The second-order valence-electron chi connectivity index (χ2n) is 4.37. The molecule has 1 aliphatic carbocycles. The zero-order chi connectivity index (χ0) is 13.6. The minimum absolute atomic E-state index is 0.354. The van der Waals surface area contributed by atoms with Crippen molar-refractivity contribution >= 4 is 39.1 Å². The number of Topliss-reactive ketones (excluding diaryl/α,β-unsaturated/α-hetero) is 2. The normalized spacial score (nSPS) is 16.5. The number of ketones is 2. The Hall–Kier alpha value is -1.45. The molecule has 0 unspecified atom stereocenters. The van der Waals surface area contributed by atoms with Gasteiger partial charge in [0.1, 0.15) is 0 Å². The predicted molar refractivity (Wildman–Crippen MR) is 76.8 cm³/mol. The van der Waals surface area contributed by atoms with Crippen LogP contribution in [0.2, 0.25) is 0 Å². The summed E-state index contributed by atoms with van der Waals surface area (Å²) in [5.74, 6) is -0.708. The van der Waals surface area contributed by atoms with Crippen LogP contribution in [0, 0.1) is 0 Å². The molecule has 0 saturated carbocycles. The van der Waals surface area contributed by atoms with Crippen LogP contribution in [0.15, 0.2) is 53.0 Å². The average Bonchev–Trinajstić information content (AvgIpc) is 2.63. The average molecular weight is 336 g/mol. The Morgan fingerprint density at radius 1 is 0.895 bits per heavy atom. The van der Waals surface area contributed by atoms with Gasteiger partial charge in [0.2, 0.25) is 0 Å². The van der Waals surface area contributed by atoms with Gasteiger partial charge < -0.3 is 0 Å². The maximum atomic E-state index is 12.5. The molecule has 3 rings (SSSR count). The van der Waals surface area contributed by atoms with Gasteiger partial charge in [0.15, 0.2) is 16.4 Å². The quantitative estimate of drug-likeness (QED) is 0.584. The van der Waals surface area contributed by atoms with Crippen molar-refractivity contribution in [2.75, 3.05) is 0 Å². The second-order valence-corrected chi connectivity index (χ2v) is 5.86. The van der Waals surface area contributed by atoms with E-state index in [0.717, 1.165) is 4.47 Å². The lowest BCUT2D eigenvalue weighted by molar-refractivity contribution is 0.0861. The lowest BCUT2D eigenvalue weighted by Gasteiger charge is -2.18. The van der Waals surface area contributed by atoms with Crippen LogP contribution in [-0.4, -0.2) is 11.6 Å². The van der Waals surface area contributed by atoms with E-state index in [0.29, 0.717) is 16.7 Å². The lowest BCUT2D eigenvalue weighted by Crippen LogP contribution is -2.31. The highest BCUT2D eigenvalue weighted by Crippen LogP contribution is 2.43. The molecule has 2 aromatic rings. The van der Waals surface area contributed by atoms with Gasteiger partial charge >= 0.3 is 0 Å². The van der Waals surface area contributed by atoms with Gasteiger partial charge in [-0.25, -0.2) is 0 Å². The summed E-state index contributed by atoms with van der Waals surface area (Å²) in [7, 11) is 0. The van der Waals surface area contributed by atoms with Crippen molar-refractivity contribution in [1.29, 1.82) is 0 Å². The maximum absolute atomic E-state index is 12.5. The molecule has 1 aliphatic rings. The van der Waals surface area contributed by atoms with Gasteiger partial charge in [-0.3, -0.25) is 9.59 Å². The van der Waals surface area contributed by atoms with Gasteiger partial charge in [-0.05, 0) is 17.7 Å². The molecule has 2 aromatic carbocycles. The molecule has 0 aliphatic heterocycles. The van der Waals surface area contributed by atoms with Gasteiger partial charge in [-0.1, -0.05) is 63.9 Å². The summed E-state index contributed by atoms with van der Waals surface area (Å²) in [5.41, 5.74) is 1.28. The molecule has 19 heavy (non-hydrogen) atoms. The number of hydrogen-bond acceptors (Lipinski definition) is 2. The zero-order valence-corrected chi connectivity index (χ0v) is 12.0. The summed E-state index contributed by atoms with van der Waals surface area (Å²) >= 11 is 9.74. The number of carbonyl (C=O) groups is 2. The van der Waals surface area contributed by atoms with Crippen molar-refractivity contribution in [2.24, 2.45) is 0 Å². The first-order valence-corrected chi connectivity index (χ1v) is 6.86. The standard InChI is InChI=1S/C15H8BrClO2/c16-10-5-3-4-9(8-10)15(17)13(18)11-6-1-2-7-12(11)14(15)19/h1-8H. The van der Waals surface area contributed by atoms with E-state index in [4.69, 9.17) is 11.6 Å². The molecule has 4 heteroatoms. The zero-order valence-electron chi connectivity index (χ0n) is 9.69. The monoisotopic (exact) mass is 334 g/mol. The Bertz CT molecular complexity index is 674. The van der Waals surface area contributed by atoms with Gasteiger partial charge in [0.25, 0.3) is 0 Å². The van der Waals surface area contributed by atoms with E-state index in [-0.39, 0.29) is 11.6 Å². The molecule has 0 N–H and O–H groups in total. The topological polar surface area (TPSA) is 34.1 Å². The van der Waals surface area contributed by atoms with Crippen LogP contribution in [0.1, 0.15) is 26.3 Å². The molecule has 0 fully saturated rings. The molecule has 2 nitrogen and oxygen atoms in total. The van der Waals surface area contributed by atoms with Crippen LogP contribution in [0.3, 0.4) is 0 Å². The van der Waals surface area contributed by atoms with Crippen LogP contribution in [-0.2, 0) is 4.87 Å². The number of benzene rings is 2. The number of hydrogen-bond donors (Lipinski definition) is 0. The Labute approximate surface area is 123 Å². The van der Waals surface area contributed by atoms with Crippen molar-refractivity contribution in [3.8, 4) is 0 Å². The Balaban J connectivity index is 2.23. The Morgan fingerprint density at radius 2 is 1.47 bits per heavy atom. The number of alkyl halides is 1. The van der Waals surface area contributed by atoms with Gasteiger partial charge in [-0.2, -0.15) is 0 Å². The van der Waals surface area contributed by atoms with Crippen LogP contribution < -0.4 is 0 Å². The largest absolute Gasteiger partial charge is 0.291 e. The van der Waals surface area contributed by atoms with Crippen LogP contribution in [0.4, 0.5) is 0 Å². The molecule has 94 valence electrons. The van der Waals surface area contributed by atoms with Crippen molar-refractivity contribution in [3.63, 3.8) is 0 Å². The van der Waals surface area contributed by atoms with E-state index in [9.17, 15) is 9.59 Å². The first-order chi connectivity index (χ1) is 9.05. The van der Waals surface area contributed by atoms with Crippen molar-refractivity contribution in [3.05, 3.63) is 69.7 Å². The van der Waals surface area contributed by atoms with Crippen LogP contribution >= 0.6 is 27.5 Å². The highest BCUT2D eigenvalue weighted by atomic mass is 79.9. The van der Waals surface area contributed by atoms with E-state index < -0.39 is 4.87 Å². The maximum Gasteiger partial charge on any atom is 0.196 e. The third-order valence-electron chi connectivity index (χ3n) is 3.26. The van der Waals surface area contributed by atoms with Crippen molar-refractivity contribution in [1.82, 2.24) is 0 Å². The third-order valence-corrected chi connectivity index (χ3v) is 4.32. The number of halogens is 2. The number of fused-ring (bicyclic) bond motifs is 1. The fourth-order valence-corrected chi connectivity index (χ4v) is 3.04. The summed E-state index contributed by atoms with van der Waals surface area (Å²) in [6, 6.07) is 13.7. The summed E-state index contributed by atoms with van der Waals surface area (Å²) < 4.78 is 0.779. The molecule has 0 radical (unpaired) electrons. The number of rotatable bonds is 1. The fourth-order valence-electron chi connectivity index (χ4n) is 2.32. The van der Waals surface area contributed by atoms with Crippen LogP contribution in [0.25, 0.3) is 0 Å².